The Hall–Kier alpha value is -1.56. The van der Waals surface area contributed by atoms with Crippen molar-refractivity contribution >= 4 is 39.1 Å². The van der Waals surface area contributed by atoms with Gasteiger partial charge in [0.05, 0.1) is 17.9 Å². The van der Waals surface area contributed by atoms with E-state index in [0.29, 0.717) is 11.4 Å². The molecule has 1 aliphatic heterocycles. The second kappa shape index (κ2) is 4.28. The minimum Gasteiger partial charge on any atom is -0.397 e. The van der Waals surface area contributed by atoms with Crippen LogP contribution in [0, 0.1) is 0 Å². The molecule has 0 radical (unpaired) electrons. The Morgan fingerprint density at radius 3 is 2.72 bits per heavy atom. The molecular formula is C12H14BrN3O2. The van der Waals surface area contributed by atoms with Gasteiger partial charge in [-0.25, -0.2) is 0 Å². The first kappa shape index (κ1) is 12.9. The summed E-state index contributed by atoms with van der Waals surface area (Å²) in [5.74, 6) is -0.642. The van der Waals surface area contributed by atoms with Crippen molar-refractivity contribution in [1.82, 2.24) is 5.32 Å². The Balaban J connectivity index is 2.50. The first-order valence-corrected chi connectivity index (χ1v) is 6.28. The molecule has 1 aliphatic rings. The fourth-order valence-electron chi connectivity index (χ4n) is 1.92. The van der Waals surface area contributed by atoms with E-state index in [1.165, 1.54) is 0 Å². The molecule has 1 fully saturated rings. The predicted octanol–water partition coefficient (Wildman–Crippen LogP) is 1.27. The number of anilines is 2. The Morgan fingerprint density at radius 1 is 1.39 bits per heavy atom. The van der Waals surface area contributed by atoms with Crippen molar-refractivity contribution in [3.05, 3.63) is 22.7 Å². The molecule has 0 saturated carbocycles. The highest BCUT2D eigenvalue weighted by Crippen LogP contribution is 2.33. The van der Waals surface area contributed by atoms with Crippen molar-refractivity contribution in [3.63, 3.8) is 0 Å². The molecule has 0 unspecified atom stereocenters. The SMILES string of the molecule is CC1(C)C(=O)NC(=O)CN1c1cc(Br)ccc1N. The molecule has 1 aromatic rings. The maximum Gasteiger partial charge on any atom is 0.251 e. The van der Waals surface area contributed by atoms with E-state index in [-0.39, 0.29) is 18.4 Å². The number of carbonyl (C=O) groups excluding carboxylic acids is 2. The number of amides is 2. The third-order valence-corrected chi connectivity index (χ3v) is 3.56. The third-order valence-electron chi connectivity index (χ3n) is 3.07. The number of hydrogen-bond donors (Lipinski definition) is 2. The number of nitrogens with one attached hydrogen (secondary N) is 1. The van der Waals surface area contributed by atoms with Crippen molar-refractivity contribution < 1.29 is 9.59 Å². The number of imide groups is 1. The van der Waals surface area contributed by atoms with Gasteiger partial charge in [-0.05, 0) is 32.0 Å². The molecule has 0 aromatic heterocycles. The van der Waals surface area contributed by atoms with Gasteiger partial charge >= 0.3 is 0 Å². The van der Waals surface area contributed by atoms with Crippen LogP contribution in [-0.2, 0) is 9.59 Å². The Kier molecular flexibility index (Phi) is 3.06. The maximum absolute atomic E-state index is 11.9. The highest BCUT2D eigenvalue weighted by molar-refractivity contribution is 9.10. The summed E-state index contributed by atoms with van der Waals surface area (Å²) in [6, 6.07) is 5.37. The molecule has 0 atom stereocenters. The molecule has 1 heterocycles. The van der Waals surface area contributed by atoms with E-state index in [9.17, 15) is 9.59 Å². The average molecular weight is 312 g/mol. The molecule has 18 heavy (non-hydrogen) atoms. The van der Waals surface area contributed by atoms with Crippen LogP contribution >= 0.6 is 15.9 Å². The van der Waals surface area contributed by atoms with Crippen LogP contribution in [0.1, 0.15) is 13.8 Å². The number of nitrogens with zero attached hydrogens (tertiary/aromatic N) is 1. The Labute approximate surface area is 113 Å². The van der Waals surface area contributed by atoms with Crippen LogP contribution in [0.5, 0.6) is 0 Å². The Bertz CT molecular complexity index is 528. The molecule has 6 heteroatoms. The van der Waals surface area contributed by atoms with Gasteiger partial charge in [0.15, 0.2) is 0 Å². The van der Waals surface area contributed by atoms with Crippen molar-refractivity contribution in [3.8, 4) is 0 Å². The topological polar surface area (TPSA) is 75.4 Å². The zero-order valence-corrected chi connectivity index (χ0v) is 11.7. The van der Waals surface area contributed by atoms with Crippen LogP contribution in [0.2, 0.25) is 0 Å². The van der Waals surface area contributed by atoms with Crippen molar-refractivity contribution in [2.24, 2.45) is 0 Å². The summed E-state index contributed by atoms with van der Waals surface area (Å²) < 4.78 is 0.848. The van der Waals surface area contributed by atoms with Gasteiger partial charge in [0.2, 0.25) is 5.91 Å². The van der Waals surface area contributed by atoms with E-state index in [1.54, 1.807) is 24.8 Å². The van der Waals surface area contributed by atoms with Crippen LogP contribution < -0.4 is 16.0 Å². The number of nitrogen functional groups attached to an aromatic ring is 1. The van der Waals surface area contributed by atoms with Gasteiger partial charge < -0.3 is 10.6 Å². The molecule has 96 valence electrons. The lowest BCUT2D eigenvalue weighted by Gasteiger charge is -2.42. The number of carbonyl (C=O) groups is 2. The number of hydrogen-bond acceptors (Lipinski definition) is 4. The summed E-state index contributed by atoms with van der Waals surface area (Å²) in [6.07, 6.45) is 0. The number of rotatable bonds is 1. The summed E-state index contributed by atoms with van der Waals surface area (Å²) in [5.41, 5.74) is 6.32. The number of nitrogens with two attached hydrogens (primary N) is 1. The largest absolute Gasteiger partial charge is 0.397 e. The summed E-state index contributed by atoms with van der Waals surface area (Å²) in [4.78, 5) is 25.1. The summed E-state index contributed by atoms with van der Waals surface area (Å²) in [6.45, 7) is 3.63. The maximum atomic E-state index is 11.9. The first-order chi connectivity index (χ1) is 8.32. The standard InChI is InChI=1S/C12H14BrN3O2/c1-12(2)11(18)15-10(17)6-16(12)9-5-7(13)3-4-8(9)14/h3-5H,6,14H2,1-2H3,(H,15,17,18). The van der Waals surface area contributed by atoms with Crippen LogP contribution in [0.25, 0.3) is 0 Å². The molecule has 2 amide bonds. The predicted molar refractivity (Wildman–Crippen MR) is 73.1 cm³/mol. The molecule has 0 aliphatic carbocycles. The molecule has 1 saturated heterocycles. The third kappa shape index (κ3) is 2.08. The van der Waals surface area contributed by atoms with E-state index < -0.39 is 5.54 Å². The number of halogens is 1. The molecule has 0 spiro atoms. The quantitative estimate of drug-likeness (QED) is 0.605. The van der Waals surface area contributed by atoms with Gasteiger partial charge in [-0.15, -0.1) is 0 Å². The van der Waals surface area contributed by atoms with Crippen molar-refractivity contribution in [2.45, 2.75) is 19.4 Å². The van der Waals surface area contributed by atoms with Crippen LogP contribution in [0.3, 0.4) is 0 Å². The highest BCUT2D eigenvalue weighted by atomic mass is 79.9. The molecule has 1 aromatic carbocycles. The number of benzene rings is 1. The number of piperazine rings is 1. The van der Waals surface area contributed by atoms with Crippen LogP contribution in [0.4, 0.5) is 11.4 Å². The van der Waals surface area contributed by atoms with Crippen molar-refractivity contribution in [1.29, 1.82) is 0 Å². The van der Waals surface area contributed by atoms with Gasteiger partial charge in [-0.2, -0.15) is 0 Å². The van der Waals surface area contributed by atoms with E-state index in [2.05, 4.69) is 21.2 Å². The summed E-state index contributed by atoms with van der Waals surface area (Å²) >= 11 is 3.36. The minimum absolute atomic E-state index is 0.111. The summed E-state index contributed by atoms with van der Waals surface area (Å²) in [7, 11) is 0. The molecule has 5 nitrogen and oxygen atoms in total. The molecule has 2 rings (SSSR count). The van der Waals surface area contributed by atoms with E-state index in [1.807, 2.05) is 12.1 Å². The van der Waals surface area contributed by atoms with E-state index >= 15 is 0 Å². The lowest BCUT2D eigenvalue weighted by Crippen LogP contribution is -2.64. The zero-order chi connectivity index (χ0) is 13.5. The van der Waals surface area contributed by atoms with Gasteiger partial charge in [0, 0.05) is 4.47 Å². The lowest BCUT2D eigenvalue weighted by molar-refractivity contribution is -0.135. The normalized spacial score (nSPS) is 18.7. The zero-order valence-electron chi connectivity index (χ0n) is 10.2. The van der Waals surface area contributed by atoms with Gasteiger partial charge in [0.1, 0.15) is 5.54 Å². The average Bonchev–Trinajstić information content (AvgIpc) is 2.27. The van der Waals surface area contributed by atoms with E-state index in [4.69, 9.17) is 5.73 Å². The van der Waals surface area contributed by atoms with Crippen LogP contribution in [0.15, 0.2) is 22.7 Å². The highest BCUT2D eigenvalue weighted by Gasteiger charge is 2.41. The second-order valence-electron chi connectivity index (χ2n) is 4.73. The van der Waals surface area contributed by atoms with Gasteiger partial charge in [0.25, 0.3) is 5.91 Å². The van der Waals surface area contributed by atoms with Crippen molar-refractivity contribution in [2.75, 3.05) is 17.2 Å². The Morgan fingerprint density at radius 2 is 2.06 bits per heavy atom. The van der Waals surface area contributed by atoms with Gasteiger partial charge in [-0.1, -0.05) is 15.9 Å². The second-order valence-corrected chi connectivity index (χ2v) is 5.64. The lowest BCUT2D eigenvalue weighted by atomic mass is 9.97. The summed E-state index contributed by atoms with van der Waals surface area (Å²) in [5, 5.41) is 2.33. The fourth-order valence-corrected chi connectivity index (χ4v) is 2.27. The van der Waals surface area contributed by atoms with Gasteiger partial charge in [-0.3, -0.25) is 14.9 Å². The molecule has 0 bridgehead atoms. The van der Waals surface area contributed by atoms with Crippen LogP contribution in [-0.4, -0.2) is 23.9 Å². The fraction of sp³-hybridized carbons (Fsp3) is 0.333. The molecule has 3 N–H and O–H groups in total. The first-order valence-electron chi connectivity index (χ1n) is 5.49. The smallest absolute Gasteiger partial charge is 0.251 e. The van der Waals surface area contributed by atoms with E-state index in [0.717, 1.165) is 4.47 Å². The minimum atomic E-state index is -0.817. The molecular weight excluding hydrogens is 298 g/mol. The monoisotopic (exact) mass is 311 g/mol.